The van der Waals surface area contributed by atoms with Crippen molar-refractivity contribution in [2.45, 2.75) is 55.9 Å². The van der Waals surface area contributed by atoms with Crippen molar-refractivity contribution in [2.75, 3.05) is 19.6 Å². The number of benzene rings is 1. The van der Waals surface area contributed by atoms with Gasteiger partial charge in [0.1, 0.15) is 0 Å². The van der Waals surface area contributed by atoms with Crippen molar-refractivity contribution in [3.05, 3.63) is 59.4 Å². The fourth-order valence-electron chi connectivity index (χ4n) is 4.45. The molecular formula is C24H30N4O4S. The quantitative estimate of drug-likeness (QED) is 0.644. The topological polar surface area (TPSA) is 108 Å². The number of aromatic nitrogens is 1. The first-order valence-electron chi connectivity index (χ1n) is 11.5. The van der Waals surface area contributed by atoms with Gasteiger partial charge in [-0.15, -0.1) is 0 Å². The summed E-state index contributed by atoms with van der Waals surface area (Å²) in [6, 6.07) is 8.76. The Morgan fingerprint density at radius 1 is 1.06 bits per heavy atom. The third kappa shape index (κ3) is 5.97. The Kier molecular flexibility index (Phi) is 7.39. The van der Waals surface area contributed by atoms with Crippen molar-refractivity contribution >= 4 is 21.8 Å². The number of nitrogens with zero attached hydrogens (tertiary/aromatic N) is 2. The molecule has 0 spiro atoms. The fraction of sp³-hybridized carbons (Fsp3) is 0.458. The molecule has 1 aliphatic heterocycles. The van der Waals surface area contributed by atoms with Crippen molar-refractivity contribution in [1.82, 2.24) is 19.9 Å². The van der Waals surface area contributed by atoms with E-state index in [1.165, 1.54) is 11.8 Å². The third-order valence-electron chi connectivity index (χ3n) is 6.37. The molecule has 33 heavy (non-hydrogen) atoms. The summed E-state index contributed by atoms with van der Waals surface area (Å²) in [7, 11) is -3.64. The minimum absolute atomic E-state index is 0.00395. The monoisotopic (exact) mass is 470 g/mol. The van der Waals surface area contributed by atoms with E-state index in [2.05, 4.69) is 15.0 Å². The van der Waals surface area contributed by atoms with Crippen LogP contribution >= 0.6 is 0 Å². The first-order valence-corrected chi connectivity index (χ1v) is 13.0. The zero-order valence-corrected chi connectivity index (χ0v) is 19.4. The molecule has 0 bridgehead atoms. The molecule has 2 N–H and O–H groups in total. The number of rotatable bonds is 7. The summed E-state index contributed by atoms with van der Waals surface area (Å²) in [5.74, 6) is -0.246. The molecule has 1 saturated heterocycles. The zero-order chi connectivity index (χ0) is 23.3. The highest BCUT2D eigenvalue weighted by Crippen LogP contribution is 2.24. The van der Waals surface area contributed by atoms with Crippen LogP contribution in [-0.2, 0) is 27.7 Å². The van der Waals surface area contributed by atoms with E-state index in [0.29, 0.717) is 31.5 Å². The maximum absolute atomic E-state index is 12.7. The summed E-state index contributed by atoms with van der Waals surface area (Å²) < 4.78 is 27.9. The number of piperidine rings is 1. The van der Waals surface area contributed by atoms with E-state index in [4.69, 9.17) is 0 Å². The van der Waals surface area contributed by atoms with E-state index < -0.39 is 10.0 Å². The number of carbonyl (C=O) groups is 2. The number of amides is 2. The molecule has 2 heterocycles. The molecule has 2 amide bonds. The molecule has 1 aromatic heterocycles. The number of hydrogen-bond acceptors (Lipinski definition) is 5. The molecular weight excluding hydrogens is 440 g/mol. The summed E-state index contributed by atoms with van der Waals surface area (Å²) in [4.78, 5) is 30.8. The van der Waals surface area contributed by atoms with Crippen LogP contribution < -0.4 is 10.0 Å². The first kappa shape index (κ1) is 23.4. The Hall–Kier alpha value is -2.78. The van der Waals surface area contributed by atoms with Gasteiger partial charge < -0.3 is 10.2 Å². The fourth-order valence-corrected chi connectivity index (χ4v) is 5.53. The van der Waals surface area contributed by atoms with E-state index >= 15 is 0 Å². The SMILES string of the molecule is O=C(NC1CCN(C(=O)CCNS(=O)(=O)c2ccc3c(c2)CCCC3)CC1)c1cccnc1. The summed E-state index contributed by atoms with van der Waals surface area (Å²) in [6.07, 6.45) is 8.73. The van der Waals surface area contributed by atoms with E-state index in [0.717, 1.165) is 31.2 Å². The lowest BCUT2D eigenvalue weighted by Gasteiger charge is -2.32. The van der Waals surface area contributed by atoms with Gasteiger partial charge in [0.15, 0.2) is 0 Å². The Balaban J connectivity index is 1.21. The normalized spacial score (nSPS) is 16.8. The number of aryl methyl sites for hydroxylation is 2. The third-order valence-corrected chi connectivity index (χ3v) is 7.83. The van der Waals surface area contributed by atoms with Crippen molar-refractivity contribution in [2.24, 2.45) is 0 Å². The van der Waals surface area contributed by atoms with Crippen molar-refractivity contribution < 1.29 is 18.0 Å². The standard InChI is InChI=1S/C24H30N4O4S/c29-23(28-14-10-21(11-15-28)27-24(30)20-6-3-12-25-17-20)9-13-26-33(31,32)22-8-7-18-4-1-2-5-19(18)16-22/h3,6-8,12,16-17,21,26H,1-2,4-5,9-11,13-15H2,(H,27,30). The highest BCUT2D eigenvalue weighted by atomic mass is 32.2. The van der Waals surface area contributed by atoms with Crippen LogP contribution in [-0.4, -0.2) is 55.8 Å². The predicted molar refractivity (Wildman–Crippen MR) is 124 cm³/mol. The molecule has 8 nitrogen and oxygen atoms in total. The molecule has 0 saturated carbocycles. The maximum Gasteiger partial charge on any atom is 0.253 e. The molecule has 2 aliphatic rings. The van der Waals surface area contributed by atoms with Gasteiger partial charge >= 0.3 is 0 Å². The van der Waals surface area contributed by atoms with Crippen LogP contribution in [0.1, 0.15) is 53.6 Å². The number of nitrogens with one attached hydrogen (secondary N) is 2. The highest BCUT2D eigenvalue weighted by molar-refractivity contribution is 7.89. The van der Waals surface area contributed by atoms with Crippen LogP contribution in [0, 0.1) is 0 Å². The Morgan fingerprint density at radius 3 is 2.55 bits per heavy atom. The Morgan fingerprint density at radius 2 is 1.82 bits per heavy atom. The average Bonchev–Trinajstić information content (AvgIpc) is 2.84. The van der Waals surface area contributed by atoms with Crippen LogP contribution in [0.5, 0.6) is 0 Å². The molecule has 176 valence electrons. The van der Waals surface area contributed by atoms with Crippen LogP contribution in [0.4, 0.5) is 0 Å². The van der Waals surface area contributed by atoms with E-state index in [9.17, 15) is 18.0 Å². The molecule has 9 heteroatoms. The van der Waals surface area contributed by atoms with Gasteiger partial charge in [-0.1, -0.05) is 6.07 Å². The molecule has 0 unspecified atom stereocenters. The van der Waals surface area contributed by atoms with Crippen LogP contribution in [0.3, 0.4) is 0 Å². The lowest BCUT2D eigenvalue weighted by atomic mass is 9.92. The van der Waals surface area contributed by atoms with Gasteiger partial charge in [0.25, 0.3) is 5.91 Å². The summed E-state index contributed by atoms with van der Waals surface area (Å²) in [6.45, 7) is 1.14. The Labute approximate surface area is 194 Å². The number of pyridine rings is 1. The van der Waals surface area contributed by atoms with Crippen LogP contribution in [0.25, 0.3) is 0 Å². The van der Waals surface area contributed by atoms with Crippen molar-refractivity contribution in [3.8, 4) is 0 Å². The van der Waals surface area contributed by atoms with E-state index in [-0.39, 0.29) is 35.7 Å². The van der Waals surface area contributed by atoms with Crippen molar-refractivity contribution in [1.29, 1.82) is 0 Å². The Bertz CT molecular complexity index is 1100. The molecule has 2 aromatic rings. The number of likely N-dealkylation sites (tertiary alicyclic amines) is 1. The number of carbonyl (C=O) groups excluding carboxylic acids is 2. The van der Waals surface area contributed by atoms with Crippen molar-refractivity contribution in [3.63, 3.8) is 0 Å². The molecule has 4 rings (SSSR count). The smallest absolute Gasteiger partial charge is 0.253 e. The summed E-state index contributed by atoms with van der Waals surface area (Å²) in [5.41, 5.74) is 2.86. The lowest BCUT2D eigenvalue weighted by molar-refractivity contribution is -0.132. The maximum atomic E-state index is 12.7. The second kappa shape index (κ2) is 10.4. The van der Waals surface area contributed by atoms with Gasteiger partial charge in [0.2, 0.25) is 15.9 Å². The first-order chi connectivity index (χ1) is 15.9. The molecule has 0 atom stereocenters. The molecule has 0 radical (unpaired) electrons. The van der Waals surface area contributed by atoms with E-state index in [1.54, 1.807) is 35.4 Å². The average molecular weight is 471 g/mol. The summed E-state index contributed by atoms with van der Waals surface area (Å²) >= 11 is 0. The number of sulfonamides is 1. The summed E-state index contributed by atoms with van der Waals surface area (Å²) in [5, 5.41) is 2.99. The van der Waals surface area contributed by atoms with Crippen LogP contribution in [0.15, 0.2) is 47.6 Å². The number of fused-ring (bicyclic) bond motifs is 1. The molecule has 1 fully saturated rings. The van der Waals surface area contributed by atoms with Gasteiger partial charge in [0, 0.05) is 44.5 Å². The van der Waals surface area contributed by atoms with Gasteiger partial charge in [-0.2, -0.15) is 0 Å². The predicted octanol–water partition coefficient (Wildman–Crippen LogP) is 2.05. The van der Waals surface area contributed by atoms with Gasteiger partial charge in [0.05, 0.1) is 10.5 Å². The minimum atomic E-state index is -3.64. The van der Waals surface area contributed by atoms with E-state index in [1.807, 2.05) is 6.07 Å². The number of hydrogen-bond donors (Lipinski definition) is 2. The van der Waals surface area contributed by atoms with Gasteiger partial charge in [-0.25, -0.2) is 13.1 Å². The lowest BCUT2D eigenvalue weighted by Crippen LogP contribution is -2.47. The van der Waals surface area contributed by atoms with Gasteiger partial charge in [-0.3, -0.25) is 14.6 Å². The highest BCUT2D eigenvalue weighted by Gasteiger charge is 2.25. The minimum Gasteiger partial charge on any atom is -0.349 e. The molecule has 1 aromatic carbocycles. The van der Waals surface area contributed by atoms with Gasteiger partial charge in [-0.05, 0) is 73.9 Å². The second-order valence-electron chi connectivity index (χ2n) is 8.66. The van der Waals surface area contributed by atoms with Crippen LogP contribution in [0.2, 0.25) is 0 Å². The molecule has 1 aliphatic carbocycles. The zero-order valence-electron chi connectivity index (χ0n) is 18.6. The largest absolute Gasteiger partial charge is 0.349 e. The second-order valence-corrected chi connectivity index (χ2v) is 10.4.